The number of nitrogens with one attached hydrogen (secondary N) is 1. The topological polar surface area (TPSA) is 47.6 Å². The highest BCUT2D eigenvalue weighted by atomic mass is 16.7. The van der Waals surface area contributed by atoms with Gasteiger partial charge in [0.1, 0.15) is 0 Å². The van der Waals surface area contributed by atoms with Gasteiger partial charge < -0.3 is 14.8 Å². The van der Waals surface area contributed by atoms with E-state index in [4.69, 9.17) is 9.47 Å². The molecule has 1 aromatic carbocycles. The second kappa shape index (κ2) is 7.16. The number of hydrogen-bond donors (Lipinski definition) is 1. The van der Waals surface area contributed by atoms with Gasteiger partial charge in [-0.25, -0.2) is 0 Å². The minimum Gasteiger partial charge on any atom is -0.454 e. The molecule has 0 radical (unpaired) electrons. The Morgan fingerprint density at radius 2 is 1.91 bits per heavy atom. The van der Waals surface area contributed by atoms with Gasteiger partial charge in [0.05, 0.1) is 0 Å². The minimum absolute atomic E-state index is 0.0118. The van der Waals surface area contributed by atoms with Gasteiger partial charge >= 0.3 is 0 Å². The summed E-state index contributed by atoms with van der Waals surface area (Å²) >= 11 is 0. The molecule has 1 aliphatic carbocycles. The Balaban J connectivity index is 1.49. The fourth-order valence-electron chi connectivity index (χ4n) is 2.82. The standard InChI is InChI=1S/C18H21NO3/c20-18(19-15-7-2-1-3-8-15)9-5-4-6-14-10-11-16-17(12-14)22-13-21-16/h4-6,9-12,15H,1-3,7-8,13H2,(H,19,20)/b6-4?,9-5+. The van der Waals surface area contributed by atoms with Crippen molar-refractivity contribution in [1.29, 1.82) is 0 Å². The van der Waals surface area contributed by atoms with Crippen LogP contribution in [0.3, 0.4) is 0 Å². The summed E-state index contributed by atoms with van der Waals surface area (Å²) in [6.45, 7) is 0.281. The number of amides is 1. The molecule has 1 amide bonds. The molecule has 116 valence electrons. The molecule has 1 aromatic rings. The van der Waals surface area contributed by atoms with Crippen molar-refractivity contribution in [2.75, 3.05) is 6.79 Å². The predicted molar refractivity (Wildman–Crippen MR) is 85.8 cm³/mol. The van der Waals surface area contributed by atoms with Gasteiger partial charge in [-0.05, 0) is 30.5 Å². The quantitative estimate of drug-likeness (QED) is 0.684. The van der Waals surface area contributed by atoms with Gasteiger partial charge in [-0.15, -0.1) is 0 Å². The highest BCUT2D eigenvalue weighted by Gasteiger charge is 2.14. The Morgan fingerprint density at radius 1 is 1.09 bits per heavy atom. The average molecular weight is 299 g/mol. The average Bonchev–Trinajstić information content (AvgIpc) is 3.00. The summed E-state index contributed by atoms with van der Waals surface area (Å²) in [7, 11) is 0. The van der Waals surface area contributed by atoms with Crippen LogP contribution in [-0.4, -0.2) is 18.7 Å². The van der Waals surface area contributed by atoms with Gasteiger partial charge in [-0.2, -0.15) is 0 Å². The normalized spacial score (nSPS) is 18.2. The number of hydrogen-bond acceptors (Lipinski definition) is 3. The zero-order chi connectivity index (χ0) is 15.2. The van der Waals surface area contributed by atoms with E-state index >= 15 is 0 Å². The van der Waals surface area contributed by atoms with E-state index in [9.17, 15) is 4.79 Å². The van der Waals surface area contributed by atoms with Crippen molar-refractivity contribution in [3.05, 3.63) is 42.0 Å². The van der Waals surface area contributed by atoms with Crippen LogP contribution in [0.15, 0.2) is 36.4 Å². The van der Waals surface area contributed by atoms with Crippen LogP contribution in [-0.2, 0) is 4.79 Å². The Kier molecular flexibility index (Phi) is 4.78. The monoisotopic (exact) mass is 299 g/mol. The smallest absolute Gasteiger partial charge is 0.244 e. The van der Waals surface area contributed by atoms with E-state index in [1.165, 1.54) is 19.3 Å². The van der Waals surface area contributed by atoms with Crippen molar-refractivity contribution in [3.63, 3.8) is 0 Å². The number of allylic oxidation sites excluding steroid dienone is 2. The molecule has 0 atom stereocenters. The van der Waals surface area contributed by atoms with E-state index in [1.807, 2.05) is 30.4 Å². The minimum atomic E-state index is -0.0118. The van der Waals surface area contributed by atoms with E-state index in [0.29, 0.717) is 6.04 Å². The summed E-state index contributed by atoms with van der Waals surface area (Å²) in [6.07, 6.45) is 13.1. The Morgan fingerprint density at radius 3 is 2.77 bits per heavy atom. The highest BCUT2D eigenvalue weighted by molar-refractivity contribution is 5.88. The zero-order valence-electron chi connectivity index (χ0n) is 12.6. The first kappa shape index (κ1) is 14.7. The molecule has 4 heteroatoms. The Bertz CT molecular complexity index is 586. The van der Waals surface area contributed by atoms with Crippen molar-refractivity contribution in [3.8, 4) is 11.5 Å². The van der Waals surface area contributed by atoms with Crippen molar-refractivity contribution >= 4 is 12.0 Å². The third-order valence-electron chi connectivity index (χ3n) is 4.00. The van der Waals surface area contributed by atoms with Crippen LogP contribution < -0.4 is 14.8 Å². The summed E-state index contributed by atoms with van der Waals surface area (Å²) < 4.78 is 10.6. The van der Waals surface area contributed by atoms with Gasteiger partial charge in [-0.1, -0.05) is 43.6 Å². The molecule has 0 spiro atoms. The summed E-state index contributed by atoms with van der Waals surface area (Å²) in [5.74, 6) is 1.53. The molecular formula is C18H21NO3. The van der Waals surface area contributed by atoms with Crippen molar-refractivity contribution in [2.24, 2.45) is 0 Å². The maximum atomic E-state index is 11.8. The van der Waals surface area contributed by atoms with Crippen molar-refractivity contribution in [1.82, 2.24) is 5.32 Å². The van der Waals surface area contributed by atoms with E-state index in [0.717, 1.165) is 29.9 Å². The van der Waals surface area contributed by atoms with E-state index in [1.54, 1.807) is 12.2 Å². The van der Waals surface area contributed by atoms with Crippen LogP contribution in [0.5, 0.6) is 11.5 Å². The molecule has 1 N–H and O–H groups in total. The molecule has 0 unspecified atom stereocenters. The SMILES string of the molecule is O=C(/C=C/C=Cc1ccc2c(c1)OCO2)NC1CCCCC1. The number of rotatable bonds is 4. The lowest BCUT2D eigenvalue weighted by Gasteiger charge is -2.21. The lowest BCUT2D eigenvalue weighted by molar-refractivity contribution is -0.117. The maximum absolute atomic E-state index is 11.8. The third-order valence-corrected chi connectivity index (χ3v) is 4.00. The van der Waals surface area contributed by atoms with Crippen LogP contribution in [0.2, 0.25) is 0 Å². The van der Waals surface area contributed by atoms with Crippen LogP contribution in [0.1, 0.15) is 37.7 Å². The fourth-order valence-corrected chi connectivity index (χ4v) is 2.82. The third kappa shape index (κ3) is 3.91. The first-order valence-corrected chi connectivity index (χ1v) is 7.86. The molecule has 3 rings (SSSR count). The van der Waals surface area contributed by atoms with Crippen LogP contribution in [0.4, 0.5) is 0 Å². The second-order valence-corrected chi connectivity index (χ2v) is 5.67. The van der Waals surface area contributed by atoms with Gasteiger partial charge in [0.25, 0.3) is 0 Å². The molecule has 0 saturated heterocycles. The summed E-state index contributed by atoms with van der Waals surface area (Å²) in [5, 5.41) is 3.06. The molecule has 22 heavy (non-hydrogen) atoms. The van der Waals surface area contributed by atoms with Crippen LogP contribution >= 0.6 is 0 Å². The number of benzene rings is 1. The number of fused-ring (bicyclic) bond motifs is 1. The number of carbonyl (C=O) groups excluding carboxylic acids is 1. The Labute approximate surface area is 130 Å². The maximum Gasteiger partial charge on any atom is 0.244 e. The fraction of sp³-hybridized carbons (Fsp3) is 0.389. The van der Waals surface area contributed by atoms with E-state index in [-0.39, 0.29) is 12.7 Å². The van der Waals surface area contributed by atoms with Gasteiger partial charge in [0.2, 0.25) is 12.7 Å². The number of ether oxygens (including phenoxy) is 2. The molecule has 0 bridgehead atoms. The summed E-state index contributed by atoms with van der Waals surface area (Å²) in [5.41, 5.74) is 1.02. The van der Waals surface area contributed by atoms with Gasteiger partial charge in [0, 0.05) is 12.1 Å². The molecule has 1 aliphatic heterocycles. The van der Waals surface area contributed by atoms with Crippen LogP contribution in [0.25, 0.3) is 6.08 Å². The van der Waals surface area contributed by atoms with Crippen molar-refractivity contribution < 1.29 is 14.3 Å². The zero-order valence-corrected chi connectivity index (χ0v) is 12.6. The second-order valence-electron chi connectivity index (χ2n) is 5.67. The molecule has 1 fully saturated rings. The molecule has 2 aliphatic rings. The van der Waals surface area contributed by atoms with Gasteiger partial charge in [0.15, 0.2) is 11.5 Å². The number of carbonyl (C=O) groups is 1. The Hall–Kier alpha value is -2.23. The lowest BCUT2D eigenvalue weighted by Crippen LogP contribution is -2.34. The largest absolute Gasteiger partial charge is 0.454 e. The molecule has 1 saturated carbocycles. The predicted octanol–water partition coefficient (Wildman–Crippen LogP) is 3.43. The van der Waals surface area contributed by atoms with Crippen molar-refractivity contribution in [2.45, 2.75) is 38.1 Å². The first-order chi connectivity index (χ1) is 10.8. The molecule has 1 heterocycles. The molecular weight excluding hydrogens is 278 g/mol. The first-order valence-electron chi connectivity index (χ1n) is 7.86. The van der Waals surface area contributed by atoms with E-state index in [2.05, 4.69) is 5.32 Å². The summed E-state index contributed by atoms with van der Waals surface area (Å²) in [4.78, 5) is 11.8. The van der Waals surface area contributed by atoms with Gasteiger partial charge in [-0.3, -0.25) is 4.79 Å². The summed E-state index contributed by atoms with van der Waals surface area (Å²) in [6, 6.07) is 6.12. The molecule has 0 aromatic heterocycles. The van der Waals surface area contributed by atoms with E-state index < -0.39 is 0 Å². The molecule has 4 nitrogen and oxygen atoms in total. The highest BCUT2D eigenvalue weighted by Crippen LogP contribution is 2.32. The van der Waals surface area contributed by atoms with Crippen LogP contribution in [0, 0.1) is 0 Å². The lowest BCUT2D eigenvalue weighted by atomic mass is 9.95.